The SMILES string of the molecule is CCOC(=O)N1CCC(NC(N)=NCC2(C(=O)N(C)C)CCCC2)CC1.I. The molecule has 2 fully saturated rings. The van der Waals surface area contributed by atoms with Crippen LogP contribution in [-0.4, -0.2) is 74.1 Å². The monoisotopic (exact) mass is 495 g/mol. The molecule has 2 aliphatic rings. The van der Waals surface area contributed by atoms with Gasteiger partial charge in [0.15, 0.2) is 5.96 Å². The standard InChI is InChI=1S/C18H33N5O3.HI/c1-4-26-17(25)23-11-7-14(8-12-23)21-16(19)20-13-18(9-5-6-10-18)15(24)22(2)3;/h14H,4-13H2,1-3H3,(H3,19,20,21);1H. The summed E-state index contributed by atoms with van der Waals surface area (Å²) in [6, 6.07) is 0.188. The second-order valence-electron chi connectivity index (χ2n) is 7.49. The molecule has 0 aromatic rings. The third-order valence-electron chi connectivity index (χ3n) is 5.35. The van der Waals surface area contributed by atoms with Gasteiger partial charge in [-0.15, -0.1) is 24.0 Å². The van der Waals surface area contributed by atoms with E-state index in [0.717, 1.165) is 38.5 Å². The Kier molecular flexibility index (Phi) is 9.61. The van der Waals surface area contributed by atoms with Crippen LogP contribution in [0.25, 0.3) is 0 Å². The zero-order valence-electron chi connectivity index (χ0n) is 16.7. The maximum Gasteiger partial charge on any atom is 0.409 e. The maximum absolute atomic E-state index is 12.6. The Morgan fingerprint density at radius 3 is 2.37 bits per heavy atom. The summed E-state index contributed by atoms with van der Waals surface area (Å²) >= 11 is 0. The van der Waals surface area contributed by atoms with Crippen LogP contribution in [0.1, 0.15) is 45.4 Å². The minimum Gasteiger partial charge on any atom is -0.450 e. The van der Waals surface area contributed by atoms with Crippen LogP contribution in [-0.2, 0) is 9.53 Å². The lowest BCUT2D eigenvalue weighted by Crippen LogP contribution is -2.49. The summed E-state index contributed by atoms with van der Waals surface area (Å²) in [5, 5.41) is 3.24. The molecule has 1 saturated carbocycles. The van der Waals surface area contributed by atoms with Crippen LogP contribution in [0.15, 0.2) is 4.99 Å². The Labute approximate surface area is 179 Å². The van der Waals surface area contributed by atoms with Gasteiger partial charge in [0.1, 0.15) is 0 Å². The molecule has 0 spiro atoms. The lowest BCUT2D eigenvalue weighted by atomic mass is 9.85. The predicted molar refractivity (Wildman–Crippen MR) is 116 cm³/mol. The van der Waals surface area contributed by atoms with Crippen molar-refractivity contribution >= 4 is 41.9 Å². The van der Waals surface area contributed by atoms with Crippen molar-refractivity contribution in [3.05, 3.63) is 0 Å². The molecule has 156 valence electrons. The van der Waals surface area contributed by atoms with Gasteiger partial charge in [-0.25, -0.2) is 4.79 Å². The van der Waals surface area contributed by atoms with E-state index in [9.17, 15) is 9.59 Å². The number of hydrogen-bond donors (Lipinski definition) is 2. The van der Waals surface area contributed by atoms with Crippen molar-refractivity contribution in [2.24, 2.45) is 16.1 Å². The van der Waals surface area contributed by atoms with E-state index in [2.05, 4.69) is 10.3 Å². The molecule has 0 bridgehead atoms. The number of rotatable bonds is 5. The van der Waals surface area contributed by atoms with Crippen LogP contribution in [0.4, 0.5) is 4.79 Å². The molecule has 0 aromatic carbocycles. The highest BCUT2D eigenvalue weighted by molar-refractivity contribution is 14.0. The molecule has 1 aliphatic heterocycles. The minimum atomic E-state index is -0.400. The van der Waals surface area contributed by atoms with E-state index >= 15 is 0 Å². The zero-order chi connectivity index (χ0) is 19.2. The van der Waals surface area contributed by atoms with Crippen LogP contribution in [0.3, 0.4) is 0 Å². The number of nitrogens with one attached hydrogen (secondary N) is 1. The molecule has 9 heteroatoms. The first-order valence-corrected chi connectivity index (χ1v) is 9.58. The van der Waals surface area contributed by atoms with E-state index in [4.69, 9.17) is 10.5 Å². The van der Waals surface area contributed by atoms with Gasteiger partial charge in [-0.05, 0) is 32.6 Å². The molecule has 1 aliphatic carbocycles. The molecular formula is C18H34IN5O3. The Balaban J connectivity index is 0.00000364. The second-order valence-corrected chi connectivity index (χ2v) is 7.49. The Morgan fingerprint density at radius 2 is 1.85 bits per heavy atom. The maximum atomic E-state index is 12.6. The summed E-state index contributed by atoms with van der Waals surface area (Å²) in [6.45, 7) is 3.93. The van der Waals surface area contributed by atoms with Gasteiger partial charge < -0.3 is 25.6 Å². The number of piperidine rings is 1. The number of nitrogens with two attached hydrogens (primary N) is 1. The van der Waals surface area contributed by atoms with E-state index in [0.29, 0.717) is 32.2 Å². The average Bonchev–Trinajstić information content (AvgIpc) is 3.10. The van der Waals surface area contributed by atoms with Crippen LogP contribution in [0, 0.1) is 5.41 Å². The topological polar surface area (TPSA) is 100 Å². The smallest absolute Gasteiger partial charge is 0.409 e. The highest BCUT2D eigenvalue weighted by atomic mass is 127. The Morgan fingerprint density at radius 1 is 1.26 bits per heavy atom. The molecule has 0 unspecified atom stereocenters. The third kappa shape index (κ3) is 6.39. The van der Waals surface area contributed by atoms with Crippen molar-refractivity contribution in [2.75, 3.05) is 40.3 Å². The fourth-order valence-corrected chi connectivity index (χ4v) is 3.88. The van der Waals surface area contributed by atoms with Crippen LogP contribution >= 0.6 is 24.0 Å². The number of ether oxygens (including phenoxy) is 1. The highest BCUT2D eigenvalue weighted by Crippen LogP contribution is 2.39. The van der Waals surface area contributed by atoms with E-state index < -0.39 is 5.41 Å². The van der Waals surface area contributed by atoms with E-state index in [1.165, 1.54) is 0 Å². The molecule has 27 heavy (non-hydrogen) atoms. The predicted octanol–water partition coefficient (Wildman–Crippen LogP) is 1.78. The number of aliphatic imine (C=N–C) groups is 1. The van der Waals surface area contributed by atoms with Gasteiger partial charge >= 0.3 is 6.09 Å². The molecule has 0 radical (unpaired) electrons. The molecule has 1 heterocycles. The fourth-order valence-electron chi connectivity index (χ4n) is 3.88. The van der Waals surface area contributed by atoms with Gasteiger partial charge in [0, 0.05) is 33.2 Å². The van der Waals surface area contributed by atoms with Gasteiger partial charge in [0.2, 0.25) is 5.91 Å². The minimum absolute atomic E-state index is 0. The highest BCUT2D eigenvalue weighted by Gasteiger charge is 2.42. The van der Waals surface area contributed by atoms with E-state index in [1.54, 1.807) is 23.9 Å². The molecule has 0 aromatic heterocycles. The van der Waals surface area contributed by atoms with Crippen molar-refractivity contribution in [2.45, 2.75) is 51.5 Å². The average molecular weight is 495 g/mol. The van der Waals surface area contributed by atoms with E-state index in [-0.39, 0.29) is 42.0 Å². The second kappa shape index (κ2) is 10.9. The number of carbonyl (C=O) groups is 2. The van der Waals surface area contributed by atoms with Gasteiger partial charge in [0.25, 0.3) is 0 Å². The summed E-state index contributed by atoms with van der Waals surface area (Å²) in [5.74, 6) is 0.534. The molecular weight excluding hydrogens is 461 g/mol. The quantitative estimate of drug-likeness (QED) is 0.344. The largest absolute Gasteiger partial charge is 0.450 e. The van der Waals surface area contributed by atoms with Gasteiger partial charge in [0.05, 0.1) is 18.6 Å². The van der Waals surface area contributed by atoms with Gasteiger partial charge in [-0.2, -0.15) is 0 Å². The number of guanidine groups is 1. The summed E-state index contributed by atoms with van der Waals surface area (Å²) in [6.07, 6.45) is 5.23. The van der Waals surface area contributed by atoms with Crippen molar-refractivity contribution in [3.63, 3.8) is 0 Å². The molecule has 2 rings (SSSR count). The number of carbonyl (C=O) groups excluding carboxylic acids is 2. The number of nitrogens with zero attached hydrogens (tertiary/aromatic N) is 3. The van der Waals surface area contributed by atoms with Gasteiger partial charge in [-0.3, -0.25) is 9.79 Å². The molecule has 1 saturated heterocycles. The molecule has 3 N–H and O–H groups in total. The first-order valence-electron chi connectivity index (χ1n) is 9.58. The number of amides is 2. The zero-order valence-corrected chi connectivity index (χ0v) is 19.0. The lowest BCUT2D eigenvalue weighted by molar-refractivity contribution is -0.138. The molecule has 0 atom stereocenters. The van der Waals surface area contributed by atoms with E-state index in [1.807, 2.05) is 6.92 Å². The summed E-state index contributed by atoms with van der Waals surface area (Å²) < 4.78 is 5.03. The third-order valence-corrected chi connectivity index (χ3v) is 5.35. The van der Waals surface area contributed by atoms with Gasteiger partial charge in [-0.1, -0.05) is 12.8 Å². The molecule has 8 nitrogen and oxygen atoms in total. The number of halogens is 1. The van der Waals surface area contributed by atoms with Crippen LogP contribution < -0.4 is 11.1 Å². The first-order chi connectivity index (χ1) is 12.4. The number of hydrogen-bond acceptors (Lipinski definition) is 4. The van der Waals surface area contributed by atoms with Crippen LogP contribution in [0.2, 0.25) is 0 Å². The Bertz CT molecular complexity index is 527. The Hall–Kier alpha value is -1.26. The van der Waals surface area contributed by atoms with Crippen LogP contribution in [0.5, 0.6) is 0 Å². The van der Waals surface area contributed by atoms with Crippen molar-refractivity contribution < 1.29 is 14.3 Å². The fraction of sp³-hybridized carbons (Fsp3) is 0.833. The summed E-state index contributed by atoms with van der Waals surface area (Å²) in [7, 11) is 3.59. The van der Waals surface area contributed by atoms with Crippen molar-refractivity contribution in [1.82, 2.24) is 15.1 Å². The van der Waals surface area contributed by atoms with Crippen molar-refractivity contribution in [3.8, 4) is 0 Å². The first kappa shape index (κ1) is 23.8. The number of likely N-dealkylation sites (tertiary alicyclic amines) is 1. The molecule has 2 amide bonds. The van der Waals surface area contributed by atoms with Crippen molar-refractivity contribution in [1.29, 1.82) is 0 Å². The normalized spacial score (nSPS) is 20.0. The summed E-state index contributed by atoms with van der Waals surface area (Å²) in [5.41, 5.74) is 5.67. The lowest BCUT2D eigenvalue weighted by Gasteiger charge is -2.32. The summed E-state index contributed by atoms with van der Waals surface area (Å²) in [4.78, 5) is 32.2.